The summed E-state index contributed by atoms with van der Waals surface area (Å²) in [6.07, 6.45) is 2.26. The normalized spacial score (nSPS) is 26.4. The highest BCUT2D eigenvalue weighted by Crippen LogP contribution is 2.36. The number of benzene rings is 1. The minimum atomic E-state index is -0.169. The van der Waals surface area contributed by atoms with E-state index in [1.54, 1.807) is 0 Å². The van der Waals surface area contributed by atoms with E-state index in [0.29, 0.717) is 6.54 Å². The molecule has 2 atom stereocenters. The van der Waals surface area contributed by atoms with Crippen molar-refractivity contribution in [3.8, 4) is 0 Å². The Morgan fingerprint density at radius 1 is 1.42 bits per heavy atom. The maximum Gasteiger partial charge on any atom is 0.310 e. The van der Waals surface area contributed by atoms with Crippen LogP contribution in [0.2, 0.25) is 0 Å². The summed E-state index contributed by atoms with van der Waals surface area (Å²) in [6, 6.07) is 8.68. The first kappa shape index (κ1) is 14.1. The quantitative estimate of drug-likeness (QED) is 0.845. The van der Waals surface area contributed by atoms with Gasteiger partial charge in [0.1, 0.15) is 0 Å². The van der Waals surface area contributed by atoms with E-state index in [2.05, 4.69) is 43.4 Å². The second-order valence-corrected chi connectivity index (χ2v) is 5.57. The summed E-state index contributed by atoms with van der Waals surface area (Å²) in [4.78, 5) is 11.9. The van der Waals surface area contributed by atoms with Gasteiger partial charge in [-0.05, 0) is 17.5 Å². The zero-order valence-corrected chi connectivity index (χ0v) is 12.0. The van der Waals surface area contributed by atoms with Crippen LogP contribution in [0.3, 0.4) is 0 Å². The molecule has 1 aromatic rings. The number of carbonyl (C=O) groups is 1. The Morgan fingerprint density at radius 3 is 2.68 bits per heavy atom. The van der Waals surface area contributed by atoms with Gasteiger partial charge >= 0.3 is 5.97 Å². The van der Waals surface area contributed by atoms with Crippen LogP contribution < -0.4 is 5.32 Å². The number of methoxy groups -OCH3 is 1. The number of esters is 1. The molecule has 0 amide bonds. The van der Waals surface area contributed by atoms with Gasteiger partial charge in [0.15, 0.2) is 0 Å². The first-order chi connectivity index (χ1) is 9.11. The number of rotatable bonds is 4. The molecule has 2 unspecified atom stereocenters. The molecule has 1 aromatic carbocycles. The van der Waals surface area contributed by atoms with E-state index in [0.717, 1.165) is 19.4 Å². The van der Waals surface area contributed by atoms with Gasteiger partial charge in [-0.3, -0.25) is 4.79 Å². The number of ether oxygens (including phenoxy) is 1. The first-order valence-electron chi connectivity index (χ1n) is 6.99. The molecule has 1 N–H and O–H groups in total. The summed E-state index contributed by atoms with van der Waals surface area (Å²) < 4.78 is 4.93. The van der Waals surface area contributed by atoms with Crippen molar-refractivity contribution in [3.05, 3.63) is 35.4 Å². The second kappa shape index (κ2) is 5.74. The summed E-state index contributed by atoms with van der Waals surface area (Å²) in [5.41, 5.74) is 2.40. The van der Waals surface area contributed by atoms with Crippen LogP contribution in [0.1, 0.15) is 31.4 Å². The van der Waals surface area contributed by atoms with Crippen molar-refractivity contribution in [1.29, 1.82) is 0 Å². The number of aryl methyl sites for hydroxylation is 1. The molecule has 0 radical (unpaired) electrons. The zero-order chi connectivity index (χ0) is 13.9. The van der Waals surface area contributed by atoms with Crippen LogP contribution in [-0.2, 0) is 21.4 Å². The van der Waals surface area contributed by atoms with Crippen molar-refractivity contribution in [1.82, 2.24) is 5.32 Å². The number of nitrogens with one attached hydrogen (secondary N) is 1. The van der Waals surface area contributed by atoms with Gasteiger partial charge in [0, 0.05) is 18.5 Å². The van der Waals surface area contributed by atoms with Gasteiger partial charge in [-0.2, -0.15) is 0 Å². The third-order valence-corrected chi connectivity index (χ3v) is 4.25. The lowest BCUT2D eigenvalue weighted by Gasteiger charge is -2.29. The molecule has 104 valence electrons. The molecule has 1 heterocycles. The summed E-state index contributed by atoms with van der Waals surface area (Å²) in [5, 5.41) is 3.32. The second-order valence-electron chi connectivity index (χ2n) is 5.57. The van der Waals surface area contributed by atoms with Gasteiger partial charge in [-0.1, -0.05) is 44.5 Å². The summed E-state index contributed by atoms with van der Waals surface area (Å²) in [5.74, 6) is -0.223. The molecule has 0 aromatic heterocycles. The van der Waals surface area contributed by atoms with E-state index in [4.69, 9.17) is 4.74 Å². The van der Waals surface area contributed by atoms with Crippen LogP contribution in [0.4, 0.5) is 0 Å². The lowest BCUT2D eigenvalue weighted by atomic mass is 9.74. The van der Waals surface area contributed by atoms with Crippen LogP contribution >= 0.6 is 0 Å². The molecular weight excluding hydrogens is 238 g/mol. The van der Waals surface area contributed by atoms with Crippen LogP contribution in [0.15, 0.2) is 24.3 Å². The summed E-state index contributed by atoms with van der Waals surface area (Å²) >= 11 is 0. The van der Waals surface area contributed by atoms with Crippen molar-refractivity contribution >= 4 is 5.97 Å². The molecule has 1 saturated heterocycles. The standard InChI is InChI=1S/C16H23NO2/c1-4-5-12-6-8-13(9-7-12)16(2)11-17-10-14(16)15(18)19-3/h6-9,14,17H,4-5,10-11H2,1-3H3. The van der Waals surface area contributed by atoms with E-state index >= 15 is 0 Å². The number of hydrogen-bond donors (Lipinski definition) is 1. The fourth-order valence-corrected chi connectivity index (χ4v) is 2.95. The third-order valence-electron chi connectivity index (χ3n) is 4.25. The van der Waals surface area contributed by atoms with E-state index < -0.39 is 0 Å². The molecule has 1 aliphatic rings. The molecule has 1 fully saturated rings. The maximum atomic E-state index is 11.9. The van der Waals surface area contributed by atoms with Crippen molar-refractivity contribution in [3.63, 3.8) is 0 Å². The molecule has 0 spiro atoms. The van der Waals surface area contributed by atoms with Gasteiger partial charge in [0.05, 0.1) is 13.0 Å². The van der Waals surface area contributed by atoms with E-state index in [1.807, 2.05) is 0 Å². The molecule has 0 aliphatic carbocycles. The fourth-order valence-electron chi connectivity index (χ4n) is 2.95. The fraction of sp³-hybridized carbons (Fsp3) is 0.562. The SMILES string of the molecule is CCCc1ccc(C2(C)CNCC2C(=O)OC)cc1. The van der Waals surface area contributed by atoms with Gasteiger partial charge in [0.2, 0.25) is 0 Å². The zero-order valence-electron chi connectivity index (χ0n) is 12.0. The lowest BCUT2D eigenvalue weighted by molar-refractivity contribution is -0.146. The Morgan fingerprint density at radius 2 is 2.11 bits per heavy atom. The largest absolute Gasteiger partial charge is 0.469 e. The number of carbonyl (C=O) groups excluding carboxylic acids is 1. The molecular formula is C16H23NO2. The topological polar surface area (TPSA) is 38.3 Å². The maximum absolute atomic E-state index is 11.9. The van der Waals surface area contributed by atoms with Gasteiger partial charge in [0.25, 0.3) is 0 Å². The van der Waals surface area contributed by atoms with Crippen LogP contribution in [-0.4, -0.2) is 26.2 Å². The van der Waals surface area contributed by atoms with Crippen LogP contribution in [0.25, 0.3) is 0 Å². The Labute approximate surface area is 115 Å². The predicted octanol–water partition coefficient (Wildman–Crippen LogP) is 2.29. The Hall–Kier alpha value is -1.35. The smallest absolute Gasteiger partial charge is 0.310 e. The molecule has 3 nitrogen and oxygen atoms in total. The van der Waals surface area contributed by atoms with Gasteiger partial charge in [-0.25, -0.2) is 0 Å². The molecule has 0 saturated carbocycles. The summed E-state index contributed by atoms with van der Waals surface area (Å²) in [6.45, 7) is 5.84. The first-order valence-corrected chi connectivity index (χ1v) is 6.99. The minimum Gasteiger partial charge on any atom is -0.469 e. The highest BCUT2D eigenvalue weighted by atomic mass is 16.5. The van der Waals surface area contributed by atoms with Crippen molar-refractivity contribution in [2.45, 2.75) is 32.1 Å². The Kier molecular flexibility index (Phi) is 4.25. The van der Waals surface area contributed by atoms with E-state index in [1.165, 1.54) is 18.2 Å². The molecule has 19 heavy (non-hydrogen) atoms. The Balaban J connectivity index is 2.25. The van der Waals surface area contributed by atoms with E-state index in [9.17, 15) is 4.79 Å². The molecule has 3 heteroatoms. The monoisotopic (exact) mass is 261 g/mol. The average molecular weight is 261 g/mol. The van der Waals surface area contributed by atoms with Crippen molar-refractivity contribution in [2.24, 2.45) is 5.92 Å². The summed E-state index contributed by atoms with van der Waals surface area (Å²) in [7, 11) is 1.46. The third kappa shape index (κ3) is 2.66. The average Bonchev–Trinajstić information content (AvgIpc) is 2.82. The lowest BCUT2D eigenvalue weighted by Crippen LogP contribution is -2.37. The molecule has 0 bridgehead atoms. The molecule has 2 rings (SSSR count). The molecule has 1 aliphatic heterocycles. The van der Waals surface area contributed by atoms with Crippen LogP contribution in [0.5, 0.6) is 0 Å². The van der Waals surface area contributed by atoms with Crippen LogP contribution in [0, 0.1) is 5.92 Å². The predicted molar refractivity (Wildman–Crippen MR) is 76.2 cm³/mol. The Bertz CT molecular complexity index is 441. The highest BCUT2D eigenvalue weighted by molar-refractivity contribution is 5.75. The minimum absolute atomic E-state index is 0.102. The highest BCUT2D eigenvalue weighted by Gasteiger charge is 2.45. The van der Waals surface area contributed by atoms with Gasteiger partial charge < -0.3 is 10.1 Å². The van der Waals surface area contributed by atoms with Crippen molar-refractivity contribution in [2.75, 3.05) is 20.2 Å². The van der Waals surface area contributed by atoms with Crippen molar-refractivity contribution < 1.29 is 9.53 Å². The number of hydrogen-bond acceptors (Lipinski definition) is 3. The van der Waals surface area contributed by atoms with E-state index in [-0.39, 0.29) is 17.3 Å². The van der Waals surface area contributed by atoms with Gasteiger partial charge in [-0.15, -0.1) is 0 Å².